The van der Waals surface area contributed by atoms with Crippen LogP contribution in [0.4, 0.5) is 11.4 Å². The van der Waals surface area contributed by atoms with Crippen LogP contribution in [0.3, 0.4) is 0 Å². The minimum absolute atomic E-state index is 0.0852. The van der Waals surface area contributed by atoms with Crippen molar-refractivity contribution >= 4 is 17.3 Å². The number of anilines is 1. The predicted octanol–water partition coefficient (Wildman–Crippen LogP) is 1.89. The van der Waals surface area contributed by atoms with Crippen molar-refractivity contribution in [1.82, 2.24) is 4.90 Å². The van der Waals surface area contributed by atoms with Gasteiger partial charge in [0.1, 0.15) is 5.69 Å². The minimum Gasteiger partial charge on any atom is -0.368 e. The summed E-state index contributed by atoms with van der Waals surface area (Å²) in [6.07, 6.45) is 0. The largest absolute Gasteiger partial charge is 0.368 e. The first-order chi connectivity index (χ1) is 9.77. The Balaban J connectivity index is 3.25. The zero-order chi connectivity index (χ0) is 16.2. The van der Waals surface area contributed by atoms with E-state index in [1.807, 2.05) is 0 Å². The van der Waals surface area contributed by atoms with E-state index in [-0.39, 0.29) is 17.5 Å². The summed E-state index contributed by atoms with van der Waals surface area (Å²) < 4.78 is 0. The predicted molar refractivity (Wildman–Crippen MR) is 79.2 cm³/mol. The van der Waals surface area contributed by atoms with E-state index in [9.17, 15) is 14.9 Å². The number of nitrogens with zero attached hydrogens (tertiary/aromatic N) is 4. The van der Waals surface area contributed by atoms with Gasteiger partial charge in [0.05, 0.1) is 16.9 Å². The number of amides is 1. The molecule has 1 rings (SSSR count). The lowest BCUT2D eigenvalue weighted by Gasteiger charge is -2.21. The highest BCUT2D eigenvalue weighted by molar-refractivity contribution is 5.95. The molecular formula is C14H18N4O3. The van der Waals surface area contributed by atoms with Gasteiger partial charge in [0.15, 0.2) is 0 Å². The van der Waals surface area contributed by atoms with Crippen LogP contribution in [0, 0.1) is 27.4 Å². The Hall–Kier alpha value is -2.62. The van der Waals surface area contributed by atoms with Crippen molar-refractivity contribution in [2.75, 3.05) is 32.6 Å². The molecule has 0 N–H and O–H groups in total. The molecule has 1 aromatic rings. The Labute approximate surface area is 123 Å². The van der Waals surface area contributed by atoms with Crippen LogP contribution in [0.25, 0.3) is 0 Å². The number of nitriles is 1. The van der Waals surface area contributed by atoms with Crippen LogP contribution < -0.4 is 4.90 Å². The summed E-state index contributed by atoms with van der Waals surface area (Å²) >= 11 is 0. The van der Waals surface area contributed by atoms with E-state index in [1.54, 1.807) is 33.0 Å². The van der Waals surface area contributed by atoms with Crippen molar-refractivity contribution in [2.45, 2.75) is 6.92 Å². The molecule has 1 unspecified atom stereocenters. The van der Waals surface area contributed by atoms with Gasteiger partial charge in [-0.15, -0.1) is 0 Å². The van der Waals surface area contributed by atoms with Crippen molar-refractivity contribution in [2.24, 2.45) is 5.92 Å². The molecule has 0 heterocycles. The molecule has 0 aliphatic rings. The molecule has 1 aromatic carbocycles. The van der Waals surface area contributed by atoms with Gasteiger partial charge in [-0.25, -0.2) is 0 Å². The molecule has 0 radical (unpaired) electrons. The maximum atomic E-state index is 12.0. The maximum absolute atomic E-state index is 12.0. The van der Waals surface area contributed by atoms with Crippen LogP contribution in [-0.4, -0.2) is 43.4 Å². The quantitative estimate of drug-likeness (QED) is 0.610. The van der Waals surface area contributed by atoms with Crippen LogP contribution in [0.2, 0.25) is 0 Å². The fourth-order valence-electron chi connectivity index (χ4n) is 1.92. The van der Waals surface area contributed by atoms with Gasteiger partial charge in [0, 0.05) is 39.3 Å². The topological polar surface area (TPSA) is 90.5 Å². The van der Waals surface area contributed by atoms with Gasteiger partial charge < -0.3 is 9.80 Å². The molecule has 0 aliphatic heterocycles. The van der Waals surface area contributed by atoms with Crippen LogP contribution in [-0.2, 0) is 0 Å². The standard InChI is InChI=1S/C14H18N4O3/c1-10(8-15)9-17(4)13-7-11(14(19)16(2)3)5-6-12(13)18(20)21/h5-7,10H,9H2,1-4H3. The average Bonchev–Trinajstić information content (AvgIpc) is 2.45. The number of hydrogen-bond acceptors (Lipinski definition) is 5. The van der Waals surface area contributed by atoms with E-state index < -0.39 is 4.92 Å². The highest BCUT2D eigenvalue weighted by Gasteiger charge is 2.21. The monoisotopic (exact) mass is 290 g/mol. The smallest absolute Gasteiger partial charge is 0.292 e. The zero-order valence-corrected chi connectivity index (χ0v) is 12.5. The molecule has 0 saturated carbocycles. The van der Waals surface area contributed by atoms with E-state index in [1.165, 1.54) is 23.1 Å². The molecule has 0 spiro atoms. The molecule has 0 aromatic heterocycles. The minimum atomic E-state index is -0.493. The molecule has 21 heavy (non-hydrogen) atoms. The molecule has 0 fully saturated rings. The number of nitro benzene ring substituents is 1. The first-order valence-corrected chi connectivity index (χ1v) is 6.38. The van der Waals surface area contributed by atoms with E-state index in [0.717, 1.165) is 0 Å². The third kappa shape index (κ3) is 3.92. The summed E-state index contributed by atoms with van der Waals surface area (Å²) in [6.45, 7) is 2.08. The van der Waals surface area contributed by atoms with Crippen LogP contribution >= 0.6 is 0 Å². The number of benzene rings is 1. The molecule has 1 amide bonds. The zero-order valence-electron chi connectivity index (χ0n) is 12.5. The van der Waals surface area contributed by atoms with E-state index >= 15 is 0 Å². The first-order valence-electron chi connectivity index (χ1n) is 6.38. The summed E-state index contributed by atoms with van der Waals surface area (Å²) in [5, 5.41) is 20.0. The van der Waals surface area contributed by atoms with E-state index in [0.29, 0.717) is 17.8 Å². The molecule has 0 aliphatic carbocycles. The van der Waals surface area contributed by atoms with Gasteiger partial charge in [0.2, 0.25) is 0 Å². The Morgan fingerprint density at radius 1 is 1.43 bits per heavy atom. The van der Waals surface area contributed by atoms with Crippen molar-refractivity contribution in [1.29, 1.82) is 5.26 Å². The van der Waals surface area contributed by atoms with Gasteiger partial charge in [0.25, 0.3) is 11.6 Å². The summed E-state index contributed by atoms with van der Waals surface area (Å²) in [5.74, 6) is -0.504. The van der Waals surface area contributed by atoms with Crippen LogP contribution in [0.1, 0.15) is 17.3 Å². The molecular weight excluding hydrogens is 272 g/mol. The maximum Gasteiger partial charge on any atom is 0.292 e. The second-order valence-corrected chi connectivity index (χ2v) is 5.07. The lowest BCUT2D eigenvalue weighted by Crippen LogP contribution is -2.25. The van der Waals surface area contributed by atoms with Gasteiger partial charge in [-0.2, -0.15) is 5.26 Å². The number of carbonyl (C=O) groups excluding carboxylic acids is 1. The van der Waals surface area contributed by atoms with Crippen LogP contribution in [0.15, 0.2) is 18.2 Å². The fraction of sp³-hybridized carbons (Fsp3) is 0.429. The third-order valence-electron chi connectivity index (χ3n) is 3.00. The van der Waals surface area contributed by atoms with Crippen molar-refractivity contribution in [3.05, 3.63) is 33.9 Å². The highest BCUT2D eigenvalue weighted by atomic mass is 16.6. The Bertz CT molecular complexity index is 592. The van der Waals surface area contributed by atoms with Crippen molar-refractivity contribution < 1.29 is 9.72 Å². The lowest BCUT2D eigenvalue weighted by molar-refractivity contribution is -0.384. The first kappa shape index (κ1) is 16.4. The SMILES string of the molecule is CC(C#N)CN(C)c1cc(C(=O)N(C)C)ccc1[N+](=O)[O-]. The molecule has 1 atom stereocenters. The number of carbonyl (C=O) groups is 1. The normalized spacial score (nSPS) is 11.4. The van der Waals surface area contributed by atoms with Crippen molar-refractivity contribution in [3.8, 4) is 6.07 Å². The highest BCUT2D eigenvalue weighted by Crippen LogP contribution is 2.29. The van der Waals surface area contributed by atoms with Gasteiger partial charge >= 0.3 is 0 Å². The van der Waals surface area contributed by atoms with Crippen molar-refractivity contribution in [3.63, 3.8) is 0 Å². The summed E-state index contributed by atoms with van der Waals surface area (Å²) in [4.78, 5) is 25.6. The summed E-state index contributed by atoms with van der Waals surface area (Å²) in [5.41, 5.74) is 0.616. The number of hydrogen-bond donors (Lipinski definition) is 0. The molecule has 0 saturated heterocycles. The number of rotatable bonds is 5. The van der Waals surface area contributed by atoms with E-state index in [2.05, 4.69) is 6.07 Å². The molecule has 112 valence electrons. The fourth-order valence-corrected chi connectivity index (χ4v) is 1.92. The van der Waals surface area contributed by atoms with Crippen LogP contribution in [0.5, 0.6) is 0 Å². The Morgan fingerprint density at radius 2 is 2.05 bits per heavy atom. The van der Waals surface area contributed by atoms with Gasteiger partial charge in [-0.1, -0.05) is 0 Å². The molecule has 7 heteroatoms. The summed E-state index contributed by atoms with van der Waals surface area (Å²) in [6, 6.07) is 6.33. The lowest BCUT2D eigenvalue weighted by atomic mass is 10.1. The average molecular weight is 290 g/mol. The van der Waals surface area contributed by atoms with Gasteiger partial charge in [-0.05, 0) is 19.1 Å². The van der Waals surface area contributed by atoms with E-state index in [4.69, 9.17) is 5.26 Å². The summed E-state index contributed by atoms with van der Waals surface area (Å²) in [7, 11) is 4.90. The molecule has 0 bridgehead atoms. The second kappa shape index (κ2) is 6.70. The Kier molecular flexibility index (Phi) is 5.24. The Morgan fingerprint density at radius 3 is 2.52 bits per heavy atom. The number of nitro groups is 1. The second-order valence-electron chi connectivity index (χ2n) is 5.07. The molecule has 7 nitrogen and oxygen atoms in total. The third-order valence-corrected chi connectivity index (χ3v) is 3.00. The van der Waals surface area contributed by atoms with Gasteiger partial charge in [-0.3, -0.25) is 14.9 Å².